The summed E-state index contributed by atoms with van der Waals surface area (Å²) < 4.78 is 0. The Morgan fingerprint density at radius 3 is 2.79 bits per heavy atom. The van der Waals surface area contributed by atoms with Gasteiger partial charge in [0.2, 0.25) is 5.95 Å². The molecule has 0 unspecified atom stereocenters. The summed E-state index contributed by atoms with van der Waals surface area (Å²) in [7, 11) is 3.91. The fraction of sp³-hybridized carbons (Fsp3) is 0.600. The van der Waals surface area contributed by atoms with Crippen molar-refractivity contribution < 1.29 is 0 Å². The zero-order valence-electron chi connectivity index (χ0n) is 9.28. The van der Waals surface area contributed by atoms with Gasteiger partial charge in [-0.3, -0.25) is 4.90 Å². The fourth-order valence-corrected chi connectivity index (χ4v) is 1.04. The number of anilines is 1. The zero-order chi connectivity index (χ0) is 10.6. The van der Waals surface area contributed by atoms with Gasteiger partial charge >= 0.3 is 0 Å². The number of hydrogen-bond donors (Lipinski definition) is 1. The van der Waals surface area contributed by atoms with E-state index in [1.807, 2.05) is 13.1 Å². The standard InChI is InChI=1S/C10H18N4/c1-8(2)14(4)7-9-5-6-12-10(11-3)13-9/h5-6,8H,7H2,1-4H3,(H,11,12,13). The lowest BCUT2D eigenvalue weighted by molar-refractivity contribution is 0.262. The average Bonchev–Trinajstić information content (AvgIpc) is 2.18. The van der Waals surface area contributed by atoms with Crippen LogP contribution in [0.15, 0.2) is 12.3 Å². The normalized spacial score (nSPS) is 11.0. The van der Waals surface area contributed by atoms with Gasteiger partial charge in [-0.15, -0.1) is 0 Å². The molecule has 1 rings (SSSR count). The van der Waals surface area contributed by atoms with E-state index in [9.17, 15) is 0 Å². The fourth-order valence-electron chi connectivity index (χ4n) is 1.04. The third-order valence-corrected chi connectivity index (χ3v) is 2.23. The molecule has 0 fully saturated rings. The van der Waals surface area contributed by atoms with Crippen molar-refractivity contribution in [3.63, 3.8) is 0 Å². The molecule has 0 aliphatic heterocycles. The van der Waals surface area contributed by atoms with Crippen LogP contribution in [0.4, 0.5) is 5.95 Å². The van der Waals surface area contributed by atoms with E-state index in [0.717, 1.165) is 12.2 Å². The highest BCUT2D eigenvalue weighted by molar-refractivity contribution is 5.23. The van der Waals surface area contributed by atoms with Gasteiger partial charge in [-0.1, -0.05) is 0 Å². The largest absolute Gasteiger partial charge is 0.357 e. The number of hydrogen-bond acceptors (Lipinski definition) is 4. The van der Waals surface area contributed by atoms with Crippen LogP contribution in [0.25, 0.3) is 0 Å². The highest BCUT2D eigenvalue weighted by Crippen LogP contribution is 2.04. The summed E-state index contributed by atoms with van der Waals surface area (Å²) in [5.74, 6) is 0.680. The molecule has 4 heteroatoms. The van der Waals surface area contributed by atoms with Crippen molar-refractivity contribution in [3.8, 4) is 0 Å². The maximum atomic E-state index is 4.35. The first-order chi connectivity index (χ1) is 6.63. The molecular formula is C10H18N4. The van der Waals surface area contributed by atoms with Gasteiger partial charge < -0.3 is 5.32 Å². The van der Waals surface area contributed by atoms with Crippen molar-refractivity contribution in [1.82, 2.24) is 14.9 Å². The van der Waals surface area contributed by atoms with E-state index >= 15 is 0 Å². The Balaban J connectivity index is 2.66. The van der Waals surface area contributed by atoms with Gasteiger partial charge in [0.1, 0.15) is 0 Å². The van der Waals surface area contributed by atoms with Crippen molar-refractivity contribution in [2.75, 3.05) is 19.4 Å². The Kier molecular flexibility index (Phi) is 3.83. The van der Waals surface area contributed by atoms with E-state index in [-0.39, 0.29) is 0 Å². The molecule has 1 N–H and O–H groups in total. The number of nitrogens with one attached hydrogen (secondary N) is 1. The van der Waals surface area contributed by atoms with Crippen LogP contribution >= 0.6 is 0 Å². The molecule has 1 aromatic heterocycles. The first kappa shape index (κ1) is 10.9. The Morgan fingerprint density at radius 2 is 2.21 bits per heavy atom. The molecular weight excluding hydrogens is 176 g/mol. The maximum Gasteiger partial charge on any atom is 0.222 e. The van der Waals surface area contributed by atoms with Gasteiger partial charge in [0.15, 0.2) is 0 Å². The summed E-state index contributed by atoms with van der Waals surface area (Å²) >= 11 is 0. The molecule has 0 saturated carbocycles. The van der Waals surface area contributed by atoms with Crippen LogP contribution in [0, 0.1) is 0 Å². The van der Waals surface area contributed by atoms with Gasteiger partial charge in [0, 0.05) is 25.8 Å². The van der Waals surface area contributed by atoms with E-state index in [4.69, 9.17) is 0 Å². The van der Waals surface area contributed by atoms with Gasteiger partial charge in [0.25, 0.3) is 0 Å². The molecule has 0 radical (unpaired) electrons. The summed E-state index contributed by atoms with van der Waals surface area (Å²) in [6.07, 6.45) is 1.78. The molecule has 0 atom stereocenters. The molecule has 4 nitrogen and oxygen atoms in total. The van der Waals surface area contributed by atoms with Crippen LogP contribution in [0.5, 0.6) is 0 Å². The first-order valence-corrected chi connectivity index (χ1v) is 4.83. The van der Waals surface area contributed by atoms with E-state index in [1.54, 1.807) is 6.20 Å². The second-order valence-corrected chi connectivity index (χ2v) is 3.63. The smallest absolute Gasteiger partial charge is 0.222 e. The van der Waals surface area contributed by atoms with Gasteiger partial charge in [-0.25, -0.2) is 9.97 Å². The summed E-state index contributed by atoms with van der Waals surface area (Å²) in [6, 6.07) is 2.47. The molecule has 0 aliphatic rings. The molecule has 78 valence electrons. The van der Waals surface area contributed by atoms with Crippen molar-refractivity contribution in [2.24, 2.45) is 0 Å². The number of rotatable bonds is 4. The van der Waals surface area contributed by atoms with Crippen LogP contribution in [-0.2, 0) is 6.54 Å². The van der Waals surface area contributed by atoms with Crippen LogP contribution < -0.4 is 5.32 Å². The SMILES string of the molecule is CNc1nccc(CN(C)C(C)C)n1. The maximum absolute atomic E-state index is 4.35. The molecule has 0 bridgehead atoms. The predicted molar refractivity (Wildman–Crippen MR) is 58.2 cm³/mol. The minimum Gasteiger partial charge on any atom is -0.357 e. The van der Waals surface area contributed by atoms with E-state index in [1.165, 1.54) is 0 Å². The Labute approximate surface area is 85.4 Å². The summed E-state index contributed by atoms with van der Waals surface area (Å²) in [5, 5.41) is 2.93. The second kappa shape index (κ2) is 4.91. The van der Waals surface area contributed by atoms with Gasteiger partial charge in [-0.2, -0.15) is 0 Å². The zero-order valence-corrected chi connectivity index (χ0v) is 9.28. The lowest BCUT2D eigenvalue weighted by Crippen LogP contribution is -2.26. The topological polar surface area (TPSA) is 41.1 Å². The van der Waals surface area contributed by atoms with E-state index < -0.39 is 0 Å². The highest BCUT2D eigenvalue weighted by Gasteiger charge is 2.05. The van der Waals surface area contributed by atoms with Gasteiger partial charge in [-0.05, 0) is 27.0 Å². The quantitative estimate of drug-likeness (QED) is 0.785. The molecule has 0 aromatic carbocycles. The Bertz CT molecular complexity index is 285. The second-order valence-electron chi connectivity index (χ2n) is 3.63. The molecule has 0 aliphatic carbocycles. The first-order valence-electron chi connectivity index (χ1n) is 4.83. The van der Waals surface area contributed by atoms with E-state index in [2.05, 4.69) is 41.1 Å². The molecule has 0 amide bonds. The van der Waals surface area contributed by atoms with Crippen molar-refractivity contribution in [2.45, 2.75) is 26.4 Å². The minimum atomic E-state index is 0.531. The molecule has 0 saturated heterocycles. The van der Waals surface area contributed by atoms with Crippen LogP contribution in [0.1, 0.15) is 19.5 Å². The van der Waals surface area contributed by atoms with Crippen LogP contribution in [0.2, 0.25) is 0 Å². The number of aromatic nitrogens is 2. The molecule has 14 heavy (non-hydrogen) atoms. The molecule has 1 aromatic rings. The predicted octanol–water partition coefficient (Wildman–Crippen LogP) is 1.36. The van der Waals surface area contributed by atoms with Crippen molar-refractivity contribution in [3.05, 3.63) is 18.0 Å². The number of nitrogens with zero attached hydrogens (tertiary/aromatic N) is 3. The lowest BCUT2D eigenvalue weighted by atomic mass is 10.3. The Morgan fingerprint density at radius 1 is 1.50 bits per heavy atom. The monoisotopic (exact) mass is 194 g/mol. The third-order valence-electron chi connectivity index (χ3n) is 2.23. The summed E-state index contributed by atoms with van der Waals surface area (Å²) in [5.41, 5.74) is 1.04. The lowest BCUT2D eigenvalue weighted by Gasteiger charge is -2.20. The van der Waals surface area contributed by atoms with Crippen molar-refractivity contribution in [1.29, 1.82) is 0 Å². The average molecular weight is 194 g/mol. The molecule has 0 spiro atoms. The summed E-state index contributed by atoms with van der Waals surface area (Å²) in [6.45, 7) is 5.19. The van der Waals surface area contributed by atoms with Gasteiger partial charge in [0.05, 0.1) is 5.69 Å². The summed E-state index contributed by atoms with van der Waals surface area (Å²) in [4.78, 5) is 10.7. The molecule has 1 heterocycles. The van der Waals surface area contributed by atoms with E-state index in [0.29, 0.717) is 12.0 Å². The van der Waals surface area contributed by atoms with Crippen LogP contribution in [-0.4, -0.2) is 35.0 Å². The minimum absolute atomic E-state index is 0.531. The van der Waals surface area contributed by atoms with Crippen molar-refractivity contribution >= 4 is 5.95 Å². The highest BCUT2D eigenvalue weighted by atomic mass is 15.1. The van der Waals surface area contributed by atoms with Crippen LogP contribution in [0.3, 0.4) is 0 Å². The third kappa shape index (κ3) is 2.96. The Hall–Kier alpha value is -1.16.